The van der Waals surface area contributed by atoms with Crippen LogP contribution in [0.4, 0.5) is 5.82 Å². The van der Waals surface area contributed by atoms with Gasteiger partial charge in [0, 0.05) is 23.5 Å². The zero-order valence-electron chi connectivity index (χ0n) is 20.9. The van der Waals surface area contributed by atoms with Crippen LogP contribution in [0.25, 0.3) is 17.2 Å². The van der Waals surface area contributed by atoms with Gasteiger partial charge in [-0.1, -0.05) is 41.8 Å². The lowest BCUT2D eigenvalue weighted by atomic mass is 9.85. The van der Waals surface area contributed by atoms with Crippen molar-refractivity contribution < 1.29 is 14.3 Å². The van der Waals surface area contributed by atoms with Crippen LogP contribution >= 0.6 is 0 Å². The molecule has 0 saturated heterocycles. The zero-order chi connectivity index (χ0) is 25.9. The van der Waals surface area contributed by atoms with Crippen LogP contribution < -0.4 is 14.8 Å². The second kappa shape index (κ2) is 10.1. The Hall–Kier alpha value is -4.71. The Labute approximate surface area is 214 Å². The highest BCUT2D eigenvalue weighted by Crippen LogP contribution is 2.42. The average molecular weight is 495 g/mol. The van der Waals surface area contributed by atoms with Crippen molar-refractivity contribution in [1.29, 1.82) is 0 Å². The van der Waals surface area contributed by atoms with E-state index in [0.717, 1.165) is 27.9 Å². The Morgan fingerprint density at radius 2 is 1.95 bits per heavy atom. The molecule has 3 heterocycles. The number of hydrogen-bond donors (Lipinski definition) is 1. The standard InChI is InChI=1S/C28H26N6O3/c1-5-13-37-23-12-11-20(14-24(23)36-6-2)21-15-25(35)31-27-26(21)18(4)33-34(27)28-30-22(16-29-32-28)19-9-7-17(3)8-10-19/h1,7-12,14,16,21H,6,13,15H2,2-4H3,(H,31,35). The molecule has 0 fully saturated rings. The molecule has 0 saturated carbocycles. The Morgan fingerprint density at radius 1 is 1.14 bits per heavy atom. The largest absolute Gasteiger partial charge is 0.490 e. The van der Waals surface area contributed by atoms with Crippen molar-refractivity contribution in [3.63, 3.8) is 0 Å². The van der Waals surface area contributed by atoms with Crippen LogP contribution in [0.15, 0.2) is 48.7 Å². The Bertz CT molecular complexity index is 1500. The number of terminal acetylenes is 1. The number of ether oxygens (including phenoxy) is 2. The lowest BCUT2D eigenvalue weighted by Gasteiger charge is -2.25. The van der Waals surface area contributed by atoms with Crippen LogP contribution in [0.2, 0.25) is 0 Å². The molecule has 0 radical (unpaired) electrons. The molecule has 1 aliphatic heterocycles. The highest BCUT2D eigenvalue weighted by Gasteiger charge is 2.34. The van der Waals surface area contributed by atoms with Crippen molar-refractivity contribution in [1.82, 2.24) is 25.0 Å². The van der Waals surface area contributed by atoms with Gasteiger partial charge in [0.2, 0.25) is 5.91 Å². The number of carbonyl (C=O) groups is 1. The number of benzene rings is 2. The third-order valence-corrected chi connectivity index (χ3v) is 6.17. The first-order valence-corrected chi connectivity index (χ1v) is 12.0. The summed E-state index contributed by atoms with van der Waals surface area (Å²) < 4.78 is 13.0. The number of nitrogens with one attached hydrogen (secondary N) is 1. The van der Waals surface area contributed by atoms with Crippen LogP contribution in [0.1, 0.15) is 41.6 Å². The third-order valence-electron chi connectivity index (χ3n) is 6.17. The molecule has 1 aliphatic rings. The molecule has 5 rings (SSSR count). The van der Waals surface area contributed by atoms with Crippen LogP contribution in [0, 0.1) is 26.2 Å². The van der Waals surface area contributed by atoms with Gasteiger partial charge < -0.3 is 14.8 Å². The van der Waals surface area contributed by atoms with Crippen molar-refractivity contribution in [3.8, 4) is 41.0 Å². The molecule has 0 bridgehead atoms. The lowest BCUT2D eigenvalue weighted by molar-refractivity contribution is -0.116. The fraction of sp³-hybridized carbons (Fsp3) is 0.250. The molecule has 4 aromatic rings. The highest BCUT2D eigenvalue weighted by atomic mass is 16.5. The van der Waals surface area contributed by atoms with E-state index in [1.807, 2.05) is 63.2 Å². The molecule has 9 nitrogen and oxygen atoms in total. The molecule has 0 spiro atoms. The van der Waals surface area contributed by atoms with Crippen LogP contribution in [-0.2, 0) is 4.79 Å². The monoisotopic (exact) mass is 494 g/mol. The number of aromatic nitrogens is 5. The summed E-state index contributed by atoms with van der Waals surface area (Å²) in [5, 5.41) is 16.0. The van der Waals surface area contributed by atoms with Gasteiger partial charge in [0.15, 0.2) is 11.5 Å². The summed E-state index contributed by atoms with van der Waals surface area (Å²) in [4.78, 5) is 17.5. The van der Waals surface area contributed by atoms with E-state index in [9.17, 15) is 4.79 Å². The summed E-state index contributed by atoms with van der Waals surface area (Å²) in [6.45, 7) is 6.43. The molecule has 37 heavy (non-hydrogen) atoms. The van der Waals surface area contributed by atoms with Crippen LogP contribution in [0.5, 0.6) is 11.5 Å². The van der Waals surface area contributed by atoms with Gasteiger partial charge in [-0.25, -0.2) is 4.98 Å². The molecule has 0 aliphatic carbocycles. The van der Waals surface area contributed by atoms with Gasteiger partial charge in [0.05, 0.1) is 24.2 Å². The van der Waals surface area contributed by atoms with Crippen molar-refractivity contribution in [2.45, 2.75) is 33.1 Å². The maximum absolute atomic E-state index is 12.9. The lowest BCUT2D eigenvalue weighted by Crippen LogP contribution is -2.25. The van der Waals surface area contributed by atoms with Gasteiger partial charge in [-0.2, -0.15) is 14.9 Å². The maximum atomic E-state index is 12.9. The molecule has 1 unspecified atom stereocenters. The molecule has 186 valence electrons. The minimum absolute atomic E-state index is 0.132. The first-order chi connectivity index (χ1) is 18.0. The molecule has 1 amide bonds. The Kier molecular flexibility index (Phi) is 6.56. The Morgan fingerprint density at radius 3 is 2.70 bits per heavy atom. The number of fused-ring (bicyclic) bond motifs is 1. The quantitative estimate of drug-likeness (QED) is 0.384. The number of carbonyl (C=O) groups excluding carboxylic acids is 1. The first kappa shape index (κ1) is 24.0. The fourth-order valence-electron chi connectivity index (χ4n) is 4.47. The van der Waals surface area contributed by atoms with E-state index in [1.165, 1.54) is 0 Å². The van der Waals surface area contributed by atoms with E-state index in [4.69, 9.17) is 21.0 Å². The van der Waals surface area contributed by atoms with E-state index < -0.39 is 0 Å². The van der Waals surface area contributed by atoms with Crippen LogP contribution in [0.3, 0.4) is 0 Å². The second-order valence-corrected chi connectivity index (χ2v) is 8.70. The summed E-state index contributed by atoms with van der Waals surface area (Å²) in [5.41, 5.74) is 5.28. The van der Waals surface area contributed by atoms with Crippen LogP contribution in [-0.4, -0.2) is 44.1 Å². The van der Waals surface area contributed by atoms with Gasteiger partial charge >= 0.3 is 0 Å². The minimum Gasteiger partial charge on any atom is -0.490 e. The highest BCUT2D eigenvalue weighted by molar-refractivity contribution is 5.95. The average Bonchev–Trinajstić information content (AvgIpc) is 3.24. The summed E-state index contributed by atoms with van der Waals surface area (Å²) in [6.07, 6.45) is 7.22. The number of nitrogens with zero attached hydrogens (tertiary/aromatic N) is 5. The minimum atomic E-state index is -0.244. The number of amides is 1. The van der Waals surface area contributed by atoms with Gasteiger partial charge in [-0.15, -0.1) is 11.5 Å². The van der Waals surface area contributed by atoms with Crippen molar-refractivity contribution in [2.24, 2.45) is 0 Å². The maximum Gasteiger partial charge on any atom is 0.272 e. The molecular weight excluding hydrogens is 468 g/mol. The van der Waals surface area contributed by atoms with Gasteiger partial charge in [-0.3, -0.25) is 4.79 Å². The van der Waals surface area contributed by atoms with Gasteiger partial charge in [0.25, 0.3) is 5.95 Å². The predicted octanol–water partition coefficient (Wildman–Crippen LogP) is 4.23. The zero-order valence-corrected chi connectivity index (χ0v) is 20.9. The van der Waals surface area contributed by atoms with E-state index in [1.54, 1.807) is 10.9 Å². The van der Waals surface area contributed by atoms with E-state index in [2.05, 4.69) is 26.4 Å². The summed E-state index contributed by atoms with van der Waals surface area (Å²) in [7, 11) is 0. The third kappa shape index (κ3) is 4.74. The molecule has 1 N–H and O–H groups in total. The van der Waals surface area contributed by atoms with Crippen molar-refractivity contribution in [3.05, 3.63) is 71.0 Å². The van der Waals surface area contributed by atoms with Crippen molar-refractivity contribution in [2.75, 3.05) is 18.5 Å². The summed E-state index contributed by atoms with van der Waals surface area (Å²) >= 11 is 0. The smallest absolute Gasteiger partial charge is 0.272 e. The van der Waals surface area contributed by atoms with E-state index in [0.29, 0.717) is 29.6 Å². The van der Waals surface area contributed by atoms with Gasteiger partial charge in [0.1, 0.15) is 12.4 Å². The molecule has 9 heteroatoms. The Balaban J connectivity index is 1.56. The number of hydrogen-bond acceptors (Lipinski definition) is 7. The van der Waals surface area contributed by atoms with Gasteiger partial charge in [-0.05, 0) is 38.5 Å². The SMILES string of the molecule is C#CCOc1ccc(C2CC(=O)Nc3c2c(C)nn3-c2nncc(-c3ccc(C)cc3)n2)cc1OCC. The second-order valence-electron chi connectivity index (χ2n) is 8.70. The molecule has 2 aromatic heterocycles. The molecule has 2 aromatic carbocycles. The topological polar surface area (TPSA) is 104 Å². The van der Waals surface area contributed by atoms with E-state index >= 15 is 0 Å². The van der Waals surface area contributed by atoms with E-state index in [-0.39, 0.29) is 30.8 Å². The predicted molar refractivity (Wildman–Crippen MR) is 139 cm³/mol. The number of rotatable bonds is 7. The fourth-order valence-corrected chi connectivity index (χ4v) is 4.47. The first-order valence-electron chi connectivity index (χ1n) is 12.0. The summed E-state index contributed by atoms with van der Waals surface area (Å²) in [5.74, 6) is 4.03. The number of aryl methyl sites for hydroxylation is 2. The normalized spacial score (nSPS) is 14.4. The number of anilines is 1. The molecule has 1 atom stereocenters. The van der Waals surface area contributed by atoms with Crippen molar-refractivity contribution >= 4 is 11.7 Å². The summed E-state index contributed by atoms with van der Waals surface area (Å²) in [6, 6.07) is 13.6. The molecular formula is C28H26N6O3.